The lowest BCUT2D eigenvalue weighted by molar-refractivity contribution is -0.385. The molecule has 0 aromatic heterocycles. The van der Waals surface area contributed by atoms with Crippen LogP contribution in [0.4, 0.5) is 10.1 Å². The maximum atomic E-state index is 13.1. The fourth-order valence-corrected chi connectivity index (χ4v) is 1.31. The van der Waals surface area contributed by atoms with E-state index in [1.54, 1.807) is 0 Å². The molecular formula is C11H10FN3O6. The highest BCUT2D eigenvalue weighted by atomic mass is 19.1. The first-order chi connectivity index (χ1) is 9.79. The number of non-ortho nitro benzene ring substituents is 1. The van der Waals surface area contributed by atoms with Gasteiger partial charge >= 0.3 is 5.97 Å². The molecule has 10 heteroatoms. The summed E-state index contributed by atoms with van der Waals surface area (Å²) in [5.74, 6) is -3.89. The van der Waals surface area contributed by atoms with Crippen LogP contribution in [0.3, 0.4) is 0 Å². The number of carboxylic acids is 1. The molecule has 9 nitrogen and oxygen atoms in total. The van der Waals surface area contributed by atoms with Crippen molar-refractivity contribution in [3.8, 4) is 0 Å². The summed E-state index contributed by atoms with van der Waals surface area (Å²) in [4.78, 5) is 42.6. The number of nitrogens with one attached hydrogen (secondary N) is 2. The number of nitro benzene ring substituents is 1. The van der Waals surface area contributed by atoms with Crippen LogP contribution < -0.4 is 10.6 Å². The molecule has 0 aliphatic carbocycles. The Morgan fingerprint density at radius 1 is 1.19 bits per heavy atom. The van der Waals surface area contributed by atoms with Crippen LogP contribution in [0.25, 0.3) is 0 Å². The van der Waals surface area contributed by atoms with E-state index in [9.17, 15) is 28.9 Å². The van der Waals surface area contributed by atoms with Gasteiger partial charge in [-0.15, -0.1) is 0 Å². The monoisotopic (exact) mass is 299 g/mol. The first-order valence-electron chi connectivity index (χ1n) is 5.51. The average molecular weight is 299 g/mol. The highest BCUT2D eigenvalue weighted by molar-refractivity contribution is 5.97. The van der Waals surface area contributed by atoms with Crippen molar-refractivity contribution in [3.05, 3.63) is 39.7 Å². The fraction of sp³-hybridized carbons (Fsp3) is 0.182. The molecule has 1 rings (SSSR count). The number of rotatable bonds is 6. The van der Waals surface area contributed by atoms with E-state index in [2.05, 4.69) is 5.32 Å². The summed E-state index contributed by atoms with van der Waals surface area (Å²) in [5, 5.41) is 22.9. The van der Waals surface area contributed by atoms with E-state index in [0.717, 1.165) is 12.1 Å². The molecule has 3 N–H and O–H groups in total. The van der Waals surface area contributed by atoms with Gasteiger partial charge in [-0.2, -0.15) is 0 Å². The van der Waals surface area contributed by atoms with Crippen LogP contribution in [-0.2, 0) is 9.59 Å². The second-order valence-electron chi connectivity index (χ2n) is 3.81. The molecule has 0 atom stereocenters. The molecular weight excluding hydrogens is 289 g/mol. The van der Waals surface area contributed by atoms with Gasteiger partial charge in [0.05, 0.1) is 17.5 Å². The minimum absolute atomic E-state index is 0.326. The van der Waals surface area contributed by atoms with Gasteiger partial charge in [0, 0.05) is 11.6 Å². The van der Waals surface area contributed by atoms with Gasteiger partial charge in [-0.1, -0.05) is 0 Å². The molecule has 1 aromatic rings. The van der Waals surface area contributed by atoms with Crippen molar-refractivity contribution in [3.63, 3.8) is 0 Å². The van der Waals surface area contributed by atoms with E-state index in [1.807, 2.05) is 5.32 Å². The highest BCUT2D eigenvalue weighted by Gasteiger charge is 2.15. The largest absolute Gasteiger partial charge is 0.480 e. The minimum Gasteiger partial charge on any atom is -0.480 e. The first kappa shape index (κ1) is 16.0. The maximum absolute atomic E-state index is 13.1. The third-order valence-electron chi connectivity index (χ3n) is 2.20. The normalized spacial score (nSPS) is 9.76. The Bertz CT molecular complexity index is 604. The molecule has 0 fully saturated rings. The molecule has 0 bridgehead atoms. The van der Waals surface area contributed by atoms with Crippen molar-refractivity contribution < 1.29 is 28.8 Å². The summed E-state index contributed by atoms with van der Waals surface area (Å²) in [6, 6.07) is 2.28. The van der Waals surface area contributed by atoms with E-state index in [-0.39, 0.29) is 5.56 Å². The summed E-state index contributed by atoms with van der Waals surface area (Å²) in [6.07, 6.45) is 0. The van der Waals surface area contributed by atoms with Crippen LogP contribution in [0.5, 0.6) is 0 Å². The van der Waals surface area contributed by atoms with Crippen LogP contribution in [0, 0.1) is 15.9 Å². The van der Waals surface area contributed by atoms with Gasteiger partial charge in [-0.3, -0.25) is 24.5 Å². The Labute approximate surface area is 116 Å². The van der Waals surface area contributed by atoms with Crippen molar-refractivity contribution in [1.29, 1.82) is 0 Å². The molecule has 0 heterocycles. The Morgan fingerprint density at radius 2 is 1.86 bits per heavy atom. The number of hydrogen-bond donors (Lipinski definition) is 3. The van der Waals surface area contributed by atoms with Crippen molar-refractivity contribution >= 4 is 23.5 Å². The smallest absolute Gasteiger partial charge is 0.322 e. The van der Waals surface area contributed by atoms with Gasteiger partial charge in [-0.05, 0) is 6.07 Å². The Balaban J connectivity index is 2.66. The van der Waals surface area contributed by atoms with Crippen molar-refractivity contribution in [1.82, 2.24) is 10.6 Å². The fourth-order valence-electron chi connectivity index (χ4n) is 1.31. The Hall–Kier alpha value is -3.04. The number of nitrogens with zero attached hydrogens (tertiary/aromatic N) is 1. The van der Waals surface area contributed by atoms with E-state index < -0.39 is 47.3 Å². The quantitative estimate of drug-likeness (QED) is 0.485. The SMILES string of the molecule is O=C(O)CNC(=O)CNC(=O)c1cc(F)cc([N+](=O)[O-])c1. The number of nitro groups is 1. The number of benzene rings is 1. The topological polar surface area (TPSA) is 139 Å². The molecule has 0 aliphatic rings. The second kappa shape index (κ2) is 6.93. The minimum atomic E-state index is -1.25. The summed E-state index contributed by atoms with van der Waals surface area (Å²) in [5.41, 5.74) is -0.928. The molecule has 21 heavy (non-hydrogen) atoms. The van der Waals surface area contributed by atoms with Crippen molar-refractivity contribution in [2.24, 2.45) is 0 Å². The second-order valence-corrected chi connectivity index (χ2v) is 3.81. The number of hydrogen-bond acceptors (Lipinski definition) is 5. The maximum Gasteiger partial charge on any atom is 0.322 e. The molecule has 112 valence electrons. The third-order valence-corrected chi connectivity index (χ3v) is 2.20. The highest BCUT2D eigenvalue weighted by Crippen LogP contribution is 2.16. The molecule has 0 spiro atoms. The number of aliphatic carboxylic acids is 1. The van der Waals surface area contributed by atoms with Crippen LogP contribution in [-0.4, -0.2) is 40.9 Å². The third kappa shape index (κ3) is 5.22. The number of carbonyl (C=O) groups excluding carboxylic acids is 2. The lowest BCUT2D eigenvalue weighted by atomic mass is 10.2. The zero-order valence-corrected chi connectivity index (χ0v) is 10.5. The zero-order valence-electron chi connectivity index (χ0n) is 10.5. The van der Waals surface area contributed by atoms with Gasteiger partial charge in [0.25, 0.3) is 11.6 Å². The van der Waals surface area contributed by atoms with Crippen LogP contribution >= 0.6 is 0 Å². The Kier molecular flexibility index (Phi) is 5.29. The van der Waals surface area contributed by atoms with Gasteiger partial charge in [0.2, 0.25) is 5.91 Å². The molecule has 0 aliphatic heterocycles. The van der Waals surface area contributed by atoms with E-state index >= 15 is 0 Å². The van der Waals surface area contributed by atoms with E-state index in [1.165, 1.54) is 0 Å². The average Bonchev–Trinajstić information content (AvgIpc) is 2.41. The predicted octanol–water partition coefficient (Wildman–Crippen LogP) is -0.336. The summed E-state index contributed by atoms with van der Waals surface area (Å²) in [7, 11) is 0. The standard InChI is InChI=1S/C11H10FN3O6/c12-7-1-6(2-8(3-7)15(20)21)11(19)14-4-9(16)13-5-10(17)18/h1-3H,4-5H2,(H,13,16)(H,14,19)(H,17,18). The predicted molar refractivity (Wildman–Crippen MR) is 66.0 cm³/mol. The Morgan fingerprint density at radius 3 is 2.43 bits per heavy atom. The van der Waals surface area contributed by atoms with Crippen LogP contribution in [0.2, 0.25) is 0 Å². The van der Waals surface area contributed by atoms with Gasteiger partial charge in [0.1, 0.15) is 12.4 Å². The number of halogens is 1. The van der Waals surface area contributed by atoms with Crippen LogP contribution in [0.1, 0.15) is 10.4 Å². The van der Waals surface area contributed by atoms with Crippen LogP contribution in [0.15, 0.2) is 18.2 Å². The van der Waals surface area contributed by atoms with E-state index in [4.69, 9.17) is 5.11 Å². The van der Waals surface area contributed by atoms with Crippen molar-refractivity contribution in [2.75, 3.05) is 13.1 Å². The van der Waals surface area contributed by atoms with E-state index in [0.29, 0.717) is 6.07 Å². The number of carboxylic acid groups (broad SMARTS) is 1. The molecule has 0 saturated carbocycles. The van der Waals surface area contributed by atoms with Gasteiger partial charge in [-0.25, -0.2) is 4.39 Å². The number of amides is 2. The molecule has 0 saturated heterocycles. The molecule has 2 amide bonds. The molecule has 0 radical (unpaired) electrons. The van der Waals surface area contributed by atoms with Gasteiger partial charge in [0.15, 0.2) is 0 Å². The van der Waals surface area contributed by atoms with Crippen molar-refractivity contribution in [2.45, 2.75) is 0 Å². The summed E-state index contributed by atoms with van der Waals surface area (Å²) >= 11 is 0. The molecule has 0 unspecified atom stereocenters. The lowest BCUT2D eigenvalue weighted by Crippen LogP contribution is -2.39. The number of carbonyl (C=O) groups is 3. The summed E-state index contributed by atoms with van der Waals surface area (Å²) in [6.45, 7) is -1.16. The van der Waals surface area contributed by atoms with Gasteiger partial charge < -0.3 is 15.7 Å². The first-order valence-corrected chi connectivity index (χ1v) is 5.51. The summed E-state index contributed by atoms with van der Waals surface area (Å²) < 4.78 is 13.1. The zero-order chi connectivity index (χ0) is 16.0. The molecule has 1 aromatic carbocycles. The lowest BCUT2D eigenvalue weighted by Gasteiger charge is -2.05.